The summed E-state index contributed by atoms with van der Waals surface area (Å²) in [6, 6.07) is 5.15. The maximum Gasteiger partial charge on any atom is 0.259 e. The lowest BCUT2D eigenvalue weighted by molar-refractivity contribution is 0.102. The topological polar surface area (TPSA) is 55.1 Å². The highest BCUT2D eigenvalue weighted by atomic mass is 127. The van der Waals surface area contributed by atoms with Gasteiger partial charge in [-0.15, -0.1) is 0 Å². The largest absolute Gasteiger partial charge is 0.338 e. The van der Waals surface area contributed by atoms with E-state index in [1.165, 1.54) is 0 Å². The maximum atomic E-state index is 12.1. The van der Waals surface area contributed by atoms with Gasteiger partial charge in [-0.1, -0.05) is 16.8 Å². The van der Waals surface area contributed by atoms with Gasteiger partial charge in [-0.3, -0.25) is 10.1 Å². The van der Waals surface area contributed by atoms with Gasteiger partial charge in [0.05, 0.1) is 11.3 Å². The number of aryl methyl sites for hydroxylation is 1. The Hall–Kier alpha value is -1.08. The number of carbonyl (C=O) groups excluding carboxylic acids is 1. The Balaban J connectivity index is 2.27. The number of aromatic nitrogens is 1. The first-order valence-corrected chi connectivity index (χ1v) is 6.64. The predicted molar refractivity (Wildman–Crippen MR) is 78.1 cm³/mol. The van der Waals surface area contributed by atoms with Crippen molar-refractivity contribution in [1.29, 1.82) is 0 Å². The van der Waals surface area contributed by atoms with E-state index in [9.17, 15) is 4.79 Å². The predicted octanol–water partition coefficient (Wildman–Crippen LogP) is 3.80. The molecule has 0 aliphatic rings. The molecule has 1 aromatic heterocycles. The summed E-state index contributed by atoms with van der Waals surface area (Å²) in [5.74, 6) is 0.106. The fourth-order valence-corrected chi connectivity index (χ4v) is 2.13. The second-order valence-electron chi connectivity index (χ2n) is 3.80. The first kappa shape index (κ1) is 13.4. The number of carbonyl (C=O) groups is 1. The highest BCUT2D eigenvalue weighted by Gasteiger charge is 2.15. The van der Waals surface area contributed by atoms with Gasteiger partial charge in [0.25, 0.3) is 5.91 Å². The molecule has 0 fully saturated rings. The van der Waals surface area contributed by atoms with Crippen LogP contribution in [0.5, 0.6) is 0 Å². The van der Waals surface area contributed by atoms with E-state index in [0.717, 1.165) is 14.8 Å². The molecule has 0 aliphatic carbocycles. The Morgan fingerprint density at radius 1 is 1.44 bits per heavy atom. The van der Waals surface area contributed by atoms with Crippen LogP contribution >= 0.6 is 34.2 Å². The van der Waals surface area contributed by atoms with Crippen LogP contribution in [-0.4, -0.2) is 11.1 Å². The summed E-state index contributed by atoms with van der Waals surface area (Å²) in [6.45, 7) is 3.65. The van der Waals surface area contributed by atoms with Crippen LogP contribution in [0.3, 0.4) is 0 Å². The summed E-state index contributed by atoms with van der Waals surface area (Å²) in [5, 5.41) is 6.99. The van der Waals surface area contributed by atoms with Crippen molar-refractivity contribution in [3.8, 4) is 0 Å². The Morgan fingerprint density at radius 2 is 2.17 bits per heavy atom. The molecule has 2 aromatic rings. The second kappa shape index (κ2) is 5.27. The zero-order valence-corrected chi connectivity index (χ0v) is 12.7. The average molecular weight is 377 g/mol. The molecule has 0 saturated heterocycles. The quantitative estimate of drug-likeness (QED) is 0.811. The van der Waals surface area contributed by atoms with Crippen molar-refractivity contribution in [2.75, 3.05) is 5.32 Å². The van der Waals surface area contributed by atoms with Gasteiger partial charge in [-0.2, -0.15) is 0 Å². The summed E-state index contributed by atoms with van der Waals surface area (Å²) in [7, 11) is 0. The molecule has 6 heteroatoms. The van der Waals surface area contributed by atoms with E-state index in [4.69, 9.17) is 16.1 Å². The summed E-state index contributed by atoms with van der Waals surface area (Å²) >= 11 is 7.96. The monoisotopic (exact) mass is 376 g/mol. The number of halogens is 2. The van der Waals surface area contributed by atoms with Crippen LogP contribution < -0.4 is 5.32 Å². The molecule has 4 nitrogen and oxygen atoms in total. The first-order valence-electron chi connectivity index (χ1n) is 5.18. The third-order valence-electron chi connectivity index (χ3n) is 2.56. The van der Waals surface area contributed by atoms with E-state index in [1.807, 2.05) is 13.8 Å². The van der Waals surface area contributed by atoms with Gasteiger partial charge >= 0.3 is 0 Å². The number of amides is 1. The Morgan fingerprint density at radius 3 is 2.78 bits per heavy atom. The van der Waals surface area contributed by atoms with E-state index in [1.54, 1.807) is 18.2 Å². The van der Waals surface area contributed by atoms with Crippen LogP contribution in [0.25, 0.3) is 0 Å². The summed E-state index contributed by atoms with van der Waals surface area (Å²) in [6.07, 6.45) is 0. The van der Waals surface area contributed by atoms with Gasteiger partial charge in [0.15, 0.2) is 0 Å². The third kappa shape index (κ3) is 2.67. The minimum atomic E-state index is -0.263. The molecule has 0 saturated carbocycles. The number of hydrogen-bond acceptors (Lipinski definition) is 3. The fourth-order valence-electron chi connectivity index (χ4n) is 1.37. The Bertz CT molecular complexity index is 610. The molecule has 18 heavy (non-hydrogen) atoms. The van der Waals surface area contributed by atoms with Crippen molar-refractivity contribution >= 4 is 46.0 Å². The van der Waals surface area contributed by atoms with Crippen LogP contribution in [0.4, 0.5) is 5.88 Å². The molecule has 1 aromatic carbocycles. The number of hydrogen-bond donors (Lipinski definition) is 1. The SMILES string of the molecule is Cc1noc(NC(=O)c2cc(Cl)ccc2I)c1C. The molecule has 0 bridgehead atoms. The number of rotatable bonds is 2. The van der Waals surface area contributed by atoms with Crippen molar-refractivity contribution in [2.45, 2.75) is 13.8 Å². The van der Waals surface area contributed by atoms with Crippen LogP contribution in [0.15, 0.2) is 22.7 Å². The minimum absolute atomic E-state index is 0.263. The lowest BCUT2D eigenvalue weighted by Gasteiger charge is -2.05. The van der Waals surface area contributed by atoms with E-state index >= 15 is 0 Å². The molecule has 1 N–H and O–H groups in total. The lowest BCUT2D eigenvalue weighted by atomic mass is 10.2. The third-order valence-corrected chi connectivity index (χ3v) is 3.73. The van der Waals surface area contributed by atoms with E-state index in [0.29, 0.717) is 16.5 Å². The normalized spacial score (nSPS) is 10.4. The van der Waals surface area contributed by atoms with E-state index < -0.39 is 0 Å². The van der Waals surface area contributed by atoms with Gasteiger partial charge in [-0.25, -0.2) is 0 Å². The second-order valence-corrected chi connectivity index (χ2v) is 5.40. The minimum Gasteiger partial charge on any atom is -0.338 e. The van der Waals surface area contributed by atoms with Gasteiger partial charge in [0, 0.05) is 14.2 Å². The molecular formula is C12H10ClIN2O2. The molecule has 0 unspecified atom stereocenters. The Labute approximate surface area is 123 Å². The zero-order valence-electron chi connectivity index (χ0n) is 9.75. The number of nitrogens with zero attached hydrogens (tertiary/aromatic N) is 1. The van der Waals surface area contributed by atoms with Gasteiger partial charge in [0.2, 0.25) is 5.88 Å². The van der Waals surface area contributed by atoms with Crippen molar-refractivity contribution in [2.24, 2.45) is 0 Å². The highest BCUT2D eigenvalue weighted by Crippen LogP contribution is 2.22. The van der Waals surface area contributed by atoms with E-state index in [2.05, 4.69) is 33.1 Å². The summed E-state index contributed by atoms with van der Waals surface area (Å²) < 4.78 is 5.86. The summed E-state index contributed by atoms with van der Waals surface area (Å²) in [5.41, 5.74) is 2.09. The molecule has 2 rings (SSSR count). The molecular weight excluding hydrogens is 367 g/mol. The standard InChI is InChI=1S/C12H10ClIN2O2/c1-6-7(2)16-18-12(6)15-11(17)9-5-8(13)3-4-10(9)14/h3-5H,1-2H3,(H,15,17). The lowest BCUT2D eigenvalue weighted by Crippen LogP contribution is -2.13. The molecule has 0 atom stereocenters. The van der Waals surface area contributed by atoms with Crippen LogP contribution in [-0.2, 0) is 0 Å². The van der Waals surface area contributed by atoms with Gasteiger partial charge in [0.1, 0.15) is 0 Å². The van der Waals surface area contributed by atoms with Crippen LogP contribution in [0.1, 0.15) is 21.6 Å². The molecule has 0 spiro atoms. The Kier molecular flexibility index (Phi) is 3.91. The smallest absolute Gasteiger partial charge is 0.259 e. The summed E-state index contributed by atoms with van der Waals surface area (Å²) in [4.78, 5) is 12.1. The average Bonchev–Trinajstić information content (AvgIpc) is 2.64. The van der Waals surface area contributed by atoms with Gasteiger partial charge < -0.3 is 4.52 Å². The van der Waals surface area contributed by atoms with Crippen molar-refractivity contribution < 1.29 is 9.32 Å². The maximum absolute atomic E-state index is 12.1. The van der Waals surface area contributed by atoms with Crippen molar-refractivity contribution in [1.82, 2.24) is 5.16 Å². The fraction of sp³-hybridized carbons (Fsp3) is 0.167. The molecule has 94 valence electrons. The van der Waals surface area contributed by atoms with E-state index in [-0.39, 0.29) is 5.91 Å². The first-order chi connectivity index (χ1) is 8.49. The zero-order chi connectivity index (χ0) is 13.3. The molecule has 0 radical (unpaired) electrons. The number of benzene rings is 1. The number of anilines is 1. The molecule has 1 heterocycles. The van der Waals surface area contributed by atoms with Crippen LogP contribution in [0.2, 0.25) is 5.02 Å². The van der Waals surface area contributed by atoms with Crippen molar-refractivity contribution in [3.05, 3.63) is 43.6 Å². The van der Waals surface area contributed by atoms with Crippen LogP contribution in [0, 0.1) is 17.4 Å². The van der Waals surface area contributed by atoms with Gasteiger partial charge in [-0.05, 0) is 54.6 Å². The molecule has 1 amide bonds. The molecule has 0 aliphatic heterocycles. The van der Waals surface area contributed by atoms with Crippen molar-refractivity contribution in [3.63, 3.8) is 0 Å². The number of nitrogens with one attached hydrogen (secondary N) is 1. The highest BCUT2D eigenvalue weighted by molar-refractivity contribution is 14.1.